The van der Waals surface area contributed by atoms with Gasteiger partial charge in [0.2, 0.25) is 0 Å². The van der Waals surface area contributed by atoms with Crippen molar-refractivity contribution < 1.29 is 24.0 Å². The number of imide groups is 1. The van der Waals surface area contributed by atoms with E-state index < -0.39 is 16.1 Å². The van der Waals surface area contributed by atoms with E-state index in [1.165, 1.54) is 19.2 Å². The molecule has 0 bridgehead atoms. The molecule has 3 aromatic rings. The predicted octanol–water partition coefficient (Wildman–Crippen LogP) is 6.95. The highest BCUT2D eigenvalue weighted by Crippen LogP contribution is 2.41. The number of non-ortho nitro benzene ring substituents is 1. The normalized spacial score (nSPS) is 14.5. The Kier molecular flexibility index (Phi) is 7.58. The molecule has 1 fully saturated rings. The van der Waals surface area contributed by atoms with Gasteiger partial charge in [-0.3, -0.25) is 19.7 Å². The standard InChI is InChI=1S/C24H16Br2N2O6S/c1-33-20-5-3-2-4-19(20)27-23(29)21(35-24(27)30)12-15-10-17(25)22(18(26)11-15)34-13-14-6-8-16(9-7-14)28(31)32/h2-12H,13H2,1H3/b21-12-. The number of methoxy groups -OCH3 is 1. The molecule has 8 nitrogen and oxygen atoms in total. The first kappa shape index (κ1) is 25.0. The summed E-state index contributed by atoms with van der Waals surface area (Å²) in [6, 6.07) is 16.5. The summed E-state index contributed by atoms with van der Waals surface area (Å²) in [6.07, 6.45) is 1.63. The number of nitro benzene ring substituents is 1. The van der Waals surface area contributed by atoms with Gasteiger partial charge in [-0.05, 0) is 97.2 Å². The molecule has 1 saturated heterocycles. The maximum Gasteiger partial charge on any atom is 0.298 e. The smallest absolute Gasteiger partial charge is 0.298 e. The Morgan fingerprint density at radius 2 is 1.71 bits per heavy atom. The van der Waals surface area contributed by atoms with Crippen molar-refractivity contribution in [1.29, 1.82) is 0 Å². The third kappa shape index (κ3) is 5.42. The van der Waals surface area contributed by atoms with Crippen LogP contribution in [0.1, 0.15) is 11.1 Å². The number of thioether (sulfide) groups is 1. The van der Waals surface area contributed by atoms with Gasteiger partial charge in [0.1, 0.15) is 18.1 Å². The van der Waals surface area contributed by atoms with Crippen molar-refractivity contribution in [3.63, 3.8) is 0 Å². The minimum Gasteiger partial charge on any atom is -0.495 e. The van der Waals surface area contributed by atoms with Gasteiger partial charge in [0.25, 0.3) is 16.8 Å². The summed E-state index contributed by atoms with van der Waals surface area (Å²) in [5, 5.41) is 10.4. The van der Waals surface area contributed by atoms with Crippen molar-refractivity contribution in [2.24, 2.45) is 0 Å². The maximum atomic E-state index is 13.0. The number of nitrogens with zero attached hydrogens (tertiary/aromatic N) is 2. The summed E-state index contributed by atoms with van der Waals surface area (Å²) in [6.45, 7) is 0.201. The predicted molar refractivity (Wildman–Crippen MR) is 141 cm³/mol. The molecule has 3 aromatic carbocycles. The van der Waals surface area contributed by atoms with Crippen molar-refractivity contribution in [1.82, 2.24) is 0 Å². The number of carbonyl (C=O) groups is 2. The average molecular weight is 620 g/mol. The second-order valence-corrected chi connectivity index (χ2v) is 9.92. The highest BCUT2D eigenvalue weighted by molar-refractivity contribution is 9.11. The Morgan fingerprint density at radius 3 is 2.34 bits per heavy atom. The Morgan fingerprint density at radius 1 is 1.06 bits per heavy atom. The summed E-state index contributed by atoms with van der Waals surface area (Å²) in [7, 11) is 1.48. The highest BCUT2D eigenvalue weighted by Gasteiger charge is 2.37. The van der Waals surface area contributed by atoms with Crippen LogP contribution in [0.25, 0.3) is 6.08 Å². The molecular formula is C24H16Br2N2O6S. The summed E-state index contributed by atoms with van der Waals surface area (Å²) in [5.41, 5.74) is 1.84. The molecule has 1 aliphatic heterocycles. The van der Waals surface area contributed by atoms with Crippen molar-refractivity contribution in [3.05, 3.63) is 95.8 Å². The van der Waals surface area contributed by atoms with Gasteiger partial charge < -0.3 is 9.47 Å². The molecule has 0 unspecified atom stereocenters. The fraction of sp³-hybridized carbons (Fsp3) is 0.0833. The number of carbonyl (C=O) groups excluding carboxylic acids is 2. The Labute approximate surface area is 221 Å². The van der Waals surface area contributed by atoms with Crippen LogP contribution in [-0.2, 0) is 11.4 Å². The topological polar surface area (TPSA) is 99.0 Å². The highest BCUT2D eigenvalue weighted by atomic mass is 79.9. The van der Waals surface area contributed by atoms with Crippen LogP contribution in [0, 0.1) is 10.1 Å². The molecule has 11 heteroatoms. The Balaban J connectivity index is 1.53. The molecule has 0 spiro atoms. The van der Waals surface area contributed by atoms with Crippen LogP contribution >= 0.6 is 43.6 Å². The van der Waals surface area contributed by atoms with Crippen LogP contribution in [0.5, 0.6) is 11.5 Å². The number of hydrogen-bond donors (Lipinski definition) is 0. The molecule has 0 atom stereocenters. The number of nitro groups is 1. The zero-order valence-corrected chi connectivity index (χ0v) is 22.1. The van der Waals surface area contributed by atoms with Gasteiger partial charge in [-0.1, -0.05) is 12.1 Å². The van der Waals surface area contributed by atoms with Crippen molar-refractivity contribution in [2.75, 3.05) is 12.0 Å². The van der Waals surface area contributed by atoms with Crippen LogP contribution in [0.2, 0.25) is 0 Å². The molecule has 0 saturated carbocycles. The molecule has 0 radical (unpaired) electrons. The van der Waals surface area contributed by atoms with Gasteiger partial charge in [0.15, 0.2) is 0 Å². The zero-order chi connectivity index (χ0) is 25.1. The van der Waals surface area contributed by atoms with E-state index in [1.54, 1.807) is 54.6 Å². The summed E-state index contributed by atoms with van der Waals surface area (Å²) < 4.78 is 12.4. The van der Waals surface area contributed by atoms with Crippen LogP contribution in [-0.4, -0.2) is 23.2 Å². The first-order chi connectivity index (χ1) is 16.8. The first-order valence-corrected chi connectivity index (χ1v) is 12.4. The number of hydrogen-bond acceptors (Lipinski definition) is 7. The quantitative estimate of drug-likeness (QED) is 0.160. The lowest BCUT2D eigenvalue weighted by Crippen LogP contribution is -2.28. The van der Waals surface area contributed by atoms with Crippen molar-refractivity contribution >= 4 is 72.2 Å². The largest absolute Gasteiger partial charge is 0.495 e. The zero-order valence-electron chi connectivity index (χ0n) is 18.1. The molecule has 0 aliphatic carbocycles. The Hall–Kier alpha value is -3.15. The van der Waals surface area contributed by atoms with E-state index in [4.69, 9.17) is 9.47 Å². The van der Waals surface area contributed by atoms with E-state index >= 15 is 0 Å². The van der Waals surface area contributed by atoms with E-state index in [0.29, 0.717) is 31.7 Å². The first-order valence-electron chi connectivity index (χ1n) is 10.0. The van der Waals surface area contributed by atoms with Gasteiger partial charge in [0.05, 0.1) is 31.6 Å². The number of anilines is 1. The second-order valence-electron chi connectivity index (χ2n) is 7.21. The summed E-state index contributed by atoms with van der Waals surface area (Å²) in [5.74, 6) is 0.522. The van der Waals surface area contributed by atoms with E-state index in [0.717, 1.165) is 22.2 Å². The monoisotopic (exact) mass is 618 g/mol. The number of halogens is 2. The molecule has 178 valence electrons. The van der Waals surface area contributed by atoms with Gasteiger partial charge in [-0.2, -0.15) is 0 Å². The summed E-state index contributed by atoms with van der Waals surface area (Å²) in [4.78, 5) is 37.4. The summed E-state index contributed by atoms with van der Waals surface area (Å²) >= 11 is 7.82. The third-order valence-electron chi connectivity index (χ3n) is 4.97. The molecule has 2 amide bonds. The third-order valence-corrected chi connectivity index (χ3v) is 7.02. The van der Waals surface area contributed by atoms with E-state index in [-0.39, 0.29) is 17.2 Å². The van der Waals surface area contributed by atoms with Crippen LogP contribution in [0.15, 0.2) is 74.5 Å². The second kappa shape index (κ2) is 10.6. The fourth-order valence-electron chi connectivity index (χ4n) is 3.31. The maximum absolute atomic E-state index is 13.0. The molecule has 35 heavy (non-hydrogen) atoms. The molecule has 1 heterocycles. The molecule has 0 N–H and O–H groups in total. The lowest BCUT2D eigenvalue weighted by molar-refractivity contribution is -0.384. The molecule has 0 aromatic heterocycles. The van der Waals surface area contributed by atoms with Gasteiger partial charge in [0, 0.05) is 12.1 Å². The lowest BCUT2D eigenvalue weighted by atomic mass is 10.2. The SMILES string of the molecule is COc1ccccc1N1C(=O)S/C(=C\c2cc(Br)c(OCc3ccc([N+](=O)[O-])cc3)c(Br)c2)C1=O. The van der Waals surface area contributed by atoms with Gasteiger partial charge in [-0.25, -0.2) is 4.90 Å². The van der Waals surface area contributed by atoms with Crippen LogP contribution in [0.4, 0.5) is 16.2 Å². The van der Waals surface area contributed by atoms with Crippen molar-refractivity contribution in [3.8, 4) is 11.5 Å². The molecular weight excluding hydrogens is 604 g/mol. The number of amides is 2. The van der Waals surface area contributed by atoms with E-state index in [1.807, 2.05) is 0 Å². The van der Waals surface area contributed by atoms with Crippen molar-refractivity contribution in [2.45, 2.75) is 6.61 Å². The van der Waals surface area contributed by atoms with Gasteiger partial charge in [-0.15, -0.1) is 0 Å². The van der Waals surface area contributed by atoms with E-state index in [9.17, 15) is 19.7 Å². The minimum atomic E-state index is -0.457. The van der Waals surface area contributed by atoms with Crippen LogP contribution in [0.3, 0.4) is 0 Å². The lowest BCUT2D eigenvalue weighted by Gasteiger charge is -2.15. The fourth-order valence-corrected chi connectivity index (χ4v) is 5.60. The molecule has 1 aliphatic rings. The van der Waals surface area contributed by atoms with E-state index in [2.05, 4.69) is 31.9 Å². The van der Waals surface area contributed by atoms with Gasteiger partial charge >= 0.3 is 0 Å². The number of rotatable bonds is 7. The number of para-hydroxylation sites is 2. The van der Waals surface area contributed by atoms with Crippen LogP contribution < -0.4 is 14.4 Å². The molecule has 4 rings (SSSR count). The Bertz CT molecular complexity index is 1340. The minimum absolute atomic E-state index is 0.00980. The average Bonchev–Trinajstić information content (AvgIpc) is 3.11. The number of benzene rings is 3. The number of ether oxygens (including phenoxy) is 2.